The van der Waals surface area contributed by atoms with E-state index in [1.165, 1.54) is 24.2 Å². The monoisotopic (exact) mass is 198 g/mol. The first-order valence-corrected chi connectivity index (χ1v) is 5.52. The van der Waals surface area contributed by atoms with E-state index in [2.05, 4.69) is 29.4 Å². The summed E-state index contributed by atoms with van der Waals surface area (Å²) in [6, 6.07) is 6.28. The van der Waals surface area contributed by atoms with Crippen molar-refractivity contribution >= 4 is 19.0 Å². The van der Waals surface area contributed by atoms with Crippen molar-refractivity contribution in [2.75, 3.05) is 32.0 Å². The molecule has 76 valence electrons. The first-order chi connectivity index (χ1) is 7.20. The minimum Gasteiger partial charge on any atom is -0.384 e. The number of nitrogens with zero attached hydrogens (tertiary/aromatic N) is 1. The van der Waals surface area contributed by atoms with Gasteiger partial charge in [0.25, 0.3) is 0 Å². The summed E-state index contributed by atoms with van der Waals surface area (Å²) < 4.78 is 0. The van der Waals surface area contributed by atoms with Crippen LogP contribution in [0.1, 0.15) is 12.0 Å². The zero-order chi connectivity index (χ0) is 10.5. The van der Waals surface area contributed by atoms with E-state index in [0.717, 1.165) is 18.6 Å². The molecule has 2 aliphatic rings. The zero-order valence-corrected chi connectivity index (χ0v) is 9.09. The Balaban J connectivity index is 2.04. The third-order valence-corrected chi connectivity index (χ3v) is 3.78. The Morgan fingerprint density at radius 1 is 1.47 bits per heavy atom. The van der Waals surface area contributed by atoms with Crippen molar-refractivity contribution in [1.82, 2.24) is 4.90 Å². The van der Waals surface area contributed by atoms with Gasteiger partial charge in [-0.15, -0.1) is 0 Å². The van der Waals surface area contributed by atoms with E-state index in [4.69, 9.17) is 7.85 Å². The van der Waals surface area contributed by atoms with E-state index in [1.807, 2.05) is 6.07 Å². The van der Waals surface area contributed by atoms with Gasteiger partial charge in [-0.25, -0.2) is 0 Å². The summed E-state index contributed by atoms with van der Waals surface area (Å²) >= 11 is 0. The van der Waals surface area contributed by atoms with Crippen molar-refractivity contribution < 1.29 is 0 Å². The van der Waals surface area contributed by atoms with Crippen molar-refractivity contribution in [3.63, 3.8) is 0 Å². The molecule has 1 aromatic rings. The van der Waals surface area contributed by atoms with Crippen molar-refractivity contribution in [2.45, 2.75) is 11.8 Å². The van der Waals surface area contributed by atoms with Crippen LogP contribution in [-0.2, 0) is 5.41 Å². The van der Waals surface area contributed by atoms with Gasteiger partial charge >= 0.3 is 0 Å². The molecule has 1 aromatic carbocycles. The normalized spacial score (nSPS) is 29.4. The summed E-state index contributed by atoms with van der Waals surface area (Å²) in [5.41, 5.74) is 3.90. The number of fused-ring (bicyclic) bond motifs is 2. The van der Waals surface area contributed by atoms with Crippen molar-refractivity contribution in [2.24, 2.45) is 0 Å². The number of hydrogen-bond acceptors (Lipinski definition) is 2. The second-order valence-electron chi connectivity index (χ2n) is 4.93. The maximum atomic E-state index is 5.79. The number of hydrogen-bond donors (Lipinski definition) is 1. The number of anilines is 1. The second-order valence-corrected chi connectivity index (χ2v) is 4.93. The molecule has 2 nitrogen and oxygen atoms in total. The molecule has 2 radical (unpaired) electrons. The Kier molecular flexibility index (Phi) is 1.87. The molecule has 1 N–H and O–H groups in total. The standard InChI is InChI=1S/C12H15BN2/c1-15-5-4-12(8-15)7-14-11-6-9(13)2-3-10(11)12/h2-3,6,14H,4-5,7-8H2,1H3/t12-/m0/s1. The van der Waals surface area contributed by atoms with E-state index in [1.54, 1.807) is 0 Å². The predicted molar refractivity (Wildman–Crippen MR) is 64.1 cm³/mol. The first-order valence-electron chi connectivity index (χ1n) is 5.52. The van der Waals surface area contributed by atoms with Gasteiger partial charge in [0.1, 0.15) is 7.85 Å². The summed E-state index contributed by atoms with van der Waals surface area (Å²) in [6.45, 7) is 3.43. The first kappa shape index (κ1) is 9.28. The van der Waals surface area contributed by atoms with E-state index >= 15 is 0 Å². The van der Waals surface area contributed by atoms with Gasteiger partial charge in [0.15, 0.2) is 0 Å². The van der Waals surface area contributed by atoms with Crippen LogP contribution >= 0.6 is 0 Å². The fourth-order valence-corrected chi connectivity index (χ4v) is 2.97. The topological polar surface area (TPSA) is 15.3 Å². The fraction of sp³-hybridized carbons (Fsp3) is 0.500. The van der Waals surface area contributed by atoms with Crippen LogP contribution in [0.15, 0.2) is 18.2 Å². The summed E-state index contributed by atoms with van der Waals surface area (Å²) in [6.07, 6.45) is 1.26. The number of benzene rings is 1. The molecule has 2 heterocycles. The lowest BCUT2D eigenvalue weighted by Gasteiger charge is -2.23. The SMILES string of the molecule is [B]c1ccc2c(c1)NC[C@]21CCN(C)C1. The highest BCUT2D eigenvalue weighted by molar-refractivity contribution is 6.32. The second kappa shape index (κ2) is 3.02. The van der Waals surface area contributed by atoms with Crippen molar-refractivity contribution in [1.29, 1.82) is 0 Å². The highest BCUT2D eigenvalue weighted by atomic mass is 15.1. The van der Waals surface area contributed by atoms with E-state index in [0.29, 0.717) is 5.41 Å². The number of nitrogens with one attached hydrogen (secondary N) is 1. The summed E-state index contributed by atoms with van der Waals surface area (Å²) in [5.74, 6) is 0. The molecule has 1 saturated heterocycles. The van der Waals surface area contributed by atoms with Gasteiger partial charge < -0.3 is 10.2 Å². The van der Waals surface area contributed by atoms with Gasteiger partial charge in [-0.1, -0.05) is 17.6 Å². The van der Waals surface area contributed by atoms with Crippen molar-refractivity contribution in [3.05, 3.63) is 23.8 Å². The molecule has 0 saturated carbocycles. The summed E-state index contributed by atoms with van der Waals surface area (Å²) in [4.78, 5) is 2.41. The van der Waals surface area contributed by atoms with Gasteiger partial charge in [0, 0.05) is 24.2 Å². The fourth-order valence-electron chi connectivity index (χ4n) is 2.97. The maximum absolute atomic E-state index is 5.79. The van der Waals surface area contributed by atoms with Gasteiger partial charge in [0.05, 0.1) is 0 Å². The highest BCUT2D eigenvalue weighted by Crippen LogP contribution is 2.42. The van der Waals surface area contributed by atoms with Gasteiger partial charge in [-0.3, -0.25) is 0 Å². The molecule has 1 fully saturated rings. The molecule has 0 unspecified atom stereocenters. The third kappa shape index (κ3) is 1.30. The van der Waals surface area contributed by atoms with Crippen molar-refractivity contribution in [3.8, 4) is 0 Å². The summed E-state index contributed by atoms with van der Waals surface area (Å²) in [5, 5.41) is 3.49. The molecule has 3 heteroatoms. The molecule has 2 aliphatic heterocycles. The van der Waals surface area contributed by atoms with Crippen LogP contribution in [0.4, 0.5) is 5.69 Å². The highest BCUT2D eigenvalue weighted by Gasteiger charge is 2.42. The molecule has 3 rings (SSSR count). The van der Waals surface area contributed by atoms with Gasteiger partial charge in [0.2, 0.25) is 0 Å². The van der Waals surface area contributed by atoms with Crippen LogP contribution in [0.2, 0.25) is 0 Å². The zero-order valence-electron chi connectivity index (χ0n) is 9.09. The average molecular weight is 198 g/mol. The van der Waals surface area contributed by atoms with Crippen LogP contribution in [-0.4, -0.2) is 39.4 Å². The lowest BCUT2D eigenvalue weighted by molar-refractivity contribution is 0.381. The van der Waals surface area contributed by atoms with E-state index in [9.17, 15) is 0 Å². The maximum Gasteiger partial charge on any atom is 0.113 e. The van der Waals surface area contributed by atoms with Gasteiger partial charge in [-0.05, 0) is 31.6 Å². The Hall–Kier alpha value is -0.955. The molecule has 0 aliphatic carbocycles. The third-order valence-electron chi connectivity index (χ3n) is 3.78. The van der Waals surface area contributed by atoms with Crippen LogP contribution in [0.3, 0.4) is 0 Å². The quantitative estimate of drug-likeness (QED) is 0.610. The summed E-state index contributed by atoms with van der Waals surface area (Å²) in [7, 11) is 7.99. The predicted octanol–water partition coefficient (Wildman–Crippen LogP) is 0.479. The Labute approximate surface area is 92.1 Å². The van der Waals surface area contributed by atoms with Crippen LogP contribution < -0.4 is 10.8 Å². The Morgan fingerprint density at radius 2 is 2.33 bits per heavy atom. The smallest absolute Gasteiger partial charge is 0.113 e. The number of rotatable bonds is 0. The minimum atomic E-state index is 0.345. The lowest BCUT2D eigenvalue weighted by Crippen LogP contribution is -2.31. The molecule has 0 bridgehead atoms. The number of likely N-dealkylation sites (tertiary alicyclic amines) is 1. The molecule has 1 spiro atoms. The Bertz CT molecular complexity index is 405. The van der Waals surface area contributed by atoms with Gasteiger partial charge in [-0.2, -0.15) is 0 Å². The van der Waals surface area contributed by atoms with E-state index < -0.39 is 0 Å². The van der Waals surface area contributed by atoms with Crippen LogP contribution in [0, 0.1) is 0 Å². The molecule has 0 aromatic heterocycles. The number of likely N-dealkylation sites (N-methyl/N-ethyl adjacent to an activating group) is 1. The van der Waals surface area contributed by atoms with Crippen LogP contribution in [0.25, 0.3) is 0 Å². The average Bonchev–Trinajstić information content (AvgIpc) is 2.73. The largest absolute Gasteiger partial charge is 0.384 e. The van der Waals surface area contributed by atoms with Crippen LogP contribution in [0.5, 0.6) is 0 Å². The van der Waals surface area contributed by atoms with E-state index in [-0.39, 0.29) is 0 Å². The lowest BCUT2D eigenvalue weighted by atomic mass is 9.80. The molecule has 1 atom stereocenters. The molecule has 0 amide bonds. The Morgan fingerprint density at radius 3 is 3.07 bits per heavy atom. The molecular formula is C12H15BN2. The minimum absolute atomic E-state index is 0.345. The molecular weight excluding hydrogens is 183 g/mol. The molecule has 15 heavy (non-hydrogen) atoms.